The molecule has 0 aliphatic carbocycles. The molecule has 0 saturated carbocycles. The van der Waals surface area contributed by atoms with E-state index in [4.69, 9.17) is 4.42 Å². The van der Waals surface area contributed by atoms with Crippen LogP contribution in [0.25, 0.3) is 0 Å². The van der Waals surface area contributed by atoms with Crippen molar-refractivity contribution >= 4 is 17.4 Å². The summed E-state index contributed by atoms with van der Waals surface area (Å²) in [5.41, 5.74) is 2.70. The highest BCUT2D eigenvalue weighted by atomic mass is 16.6. The van der Waals surface area contributed by atoms with Crippen LogP contribution in [-0.4, -0.2) is 15.9 Å². The lowest BCUT2D eigenvalue weighted by Crippen LogP contribution is -2.34. The van der Waals surface area contributed by atoms with E-state index in [0.29, 0.717) is 11.4 Å². The Kier molecular flexibility index (Phi) is 6.06. The van der Waals surface area contributed by atoms with Crippen LogP contribution in [0.15, 0.2) is 71.3 Å². The van der Waals surface area contributed by atoms with Gasteiger partial charge in [-0.15, -0.1) is 0 Å². The van der Waals surface area contributed by atoms with Crippen molar-refractivity contribution in [3.63, 3.8) is 0 Å². The van der Waals surface area contributed by atoms with E-state index in [2.05, 4.69) is 12.2 Å². The van der Waals surface area contributed by atoms with Gasteiger partial charge >= 0.3 is 6.03 Å². The number of nitrogens with zero attached hydrogens (tertiary/aromatic N) is 2. The second-order valence-electron chi connectivity index (χ2n) is 6.34. The zero-order chi connectivity index (χ0) is 19.9. The van der Waals surface area contributed by atoms with Crippen LogP contribution in [0.1, 0.15) is 23.8 Å². The number of nitro benzene ring substituents is 1. The Morgan fingerprint density at radius 1 is 1.04 bits per heavy atom. The topological polar surface area (TPSA) is 88.6 Å². The zero-order valence-corrected chi connectivity index (χ0v) is 15.5. The summed E-state index contributed by atoms with van der Waals surface area (Å²) in [5, 5.41) is 13.7. The molecule has 3 rings (SSSR count). The van der Waals surface area contributed by atoms with Gasteiger partial charge in [-0.2, -0.15) is 0 Å². The molecule has 0 unspecified atom stereocenters. The molecule has 1 aromatic heterocycles. The molecule has 0 aliphatic heterocycles. The molecule has 144 valence electrons. The van der Waals surface area contributed by atoms with Crippen molar-refractivity contribution in [1.82, 2.24) is 4.90 Å². The van der Waals surface area contributed by atoms with Gasteiger partial charge in [0.05, 0.1) is 17.7 Å². The normalized spacial score (nSPS) is 10.5. The summed E-state index contributed by atoms with van der Waals surface area (Å²) >= 11 is 0. The number of nitro groups is 1. The summed E-state index contributed by atoms with van der Waals surface area (Å²) < 4.78 is 5.37. The van der Waals surface area contributed by atoms with Crippen molar-refractivity contribution < 1.29 is 14.1 Å². The van der Waals surface area contributed by atoms with E-state index in [9.17, 15) is 14.9 Å². The number of rotatable bonds is 7. The lowest BCUT2D eigenvalue weighted by atomic mass is 10.1. The Hall–Kier alpha value is -3.61. The summed E-state index contributed by atoms with van der Waals surface area (Å²) in [7, 11) is 0. The number of benzene rings is 2. The van der Waals surface area contributed by atoms with Crippen LogP contribution in [-0.2, 0) is 19.5 Å². The fourth-order valence-corrected chi connectivity index (χ4v) is 2.76. The minimum Gasteiger partial charge on any atom is -0.467 e. The van der Waals surface area contributed by atoms with Crippen LogP contribution >= 0.6 is 0 Å². The summed E-state index contributed by atoms with van der Waals surface area (Å²) in [4.78, 5) is 24.8. The predicted octanol–water partition coefficient (Wildman–Crippen LogP) is 4.98. The molecule has 0 saturated heterocycles. The van der Waals surface area contributed by atoms with E-state index in [1.165, 1.54) is 17.7 Å². The van der Waals surface area contributed by atoms with Crippen LogP contribution in [0.4, 0.5) is 16.2 Å². The first-order chi connectivity index (χ1) is 13.5. The average molecular weight is 379 g/mol. The van der Waals surface area contributed by atoms with Gasteiger partial charge in [-0.3, -0.25) is 10.1 Å². The zero-order valence-electron chi connectivity index (χ0n) is 15.5. The summed E-state index contributed by atoms with van der Waals surface area (Å²) in [6, 6.07) is 17.1. The minimum absolute atomic E-state index is 0.0156. The molecule has 0 aliphatic rings. The third kappa shape index (κ3) is 4.97. The molecule has 1 heterocycles. The van der Waals surface area contributed by atoms with E-state index in [-0.39, 0.29) is 24.8 Å². The predicted molar refractivity (Wildman–Crippen MR) is 106 cm³/mol. The van der Waals surface area contributed by atoms with Crippen LogP contribution < -0.4 is 5.32 Å². The number of carbonyl (C=O) groups excluding carboxylic acids is 1. The Morgan fingerprint density at radius 3 is 2.29 bits per heavy atom. The van der Waals surface area contributed by atoms with Crippen molar-refractivity contribution in [2.75, 3.05) is 5.32 Å². The molecular weight excluding hydrogens is 358 g/mol. The number of urea groups is 1. The second kappa shape index (κ2) is 8.85. The molecule has 0 bridgehead atoms. The number of furan rings is 1. The number of hydrogen-bond donors (Lipinski definition) is 1. The molecule has 0 fully saturated rings. The van der Waals surface area contributed by atoms with E-state index in [1.807, 2.05) is 24.3 Å². The van der Waals surface area contributed by atoms with Crippen LogP contribution in [0.2, 0.25) is 0 Å². The number of hydrogen-bond acceptors (Lipinski definition) is 4. The molecule has 0 radical (unpaired) electrons. The van der Waals surface area contributed by atoms with Gasteiger partial charge in [0.1, 0.15) is 5.76 Å². The van der Waals surface area contributed by atoms with E-state index < -0.39 is 4.92 Å². The molecule has 0 spiro atoms. The molecule has 1 N–H and O–H groups in total. The van der Waals surface area contributed by atoms with Gasteiger partial charge in [0.25, 0.3) is 5.69 Å². The van der Waals surface area contributed by atoms with Gasteiger partial charge in [-0.05, 0) is 41.8 Å². The SMILES string of the molecule is CCc1ccc(NC(=O)N(Cc2ccc([N+](=O)[O-])cc2)Cc2ccco2)cc1. The number of nitrogens with one attached hydrogen (secondary N) is 1. The largest absolute Gasteiger partial charge is 0.467 e. The van der Waals surface area contributed by atoms with Gasteiger partial charge in [0.15, 0.2) is 0 Å². The first-order valence-corrected chi connectivity index (χ1v) is 8.95. The third-order valence-corrected chi connectivity index (χ3v) is 4.35. The third-order valence-electron chi connectivity index (χ3n) is 4.35. The standard InChI is InChI=1S/C21H21N3O4/c1-2-16-5-9-18(10-6-16)22-21(25)23(15-20-4-3-13-28-20)14-17-7-11-19(12-8-17)24(26)27/h3-13H,2,14-15H2,1H3,(H,22,25). The first kappa shape index (κ1) is 19.2. The van der Waals surface area contributed by atoms with Gasteiger partial charge < -0.3 is 14.6 Å². The lowest BCUT2D eigenvalue weighted by Gasteiger charge is -2.22. The van der Waals surface area contributed by atoms with Crippen molar-refractivity contribution in [2.45, 2.75) is 26.4 Å². The van der Waals surface area contributed by atoms with E-state index in [1.54, 1.807) is 35.4 Å². The number of non-ortho nitro benzene ring substituents is 1. The van der Waals surface area contributed by atoms with E-state index in [0.717, 1.165) is 12.0 Å². The fraction of sp³-hybridized carbons (Fsp3) is 0.190. The monoisotopic (exact) mass is 379 g/mol. The highest BCUT2D eigenvalue weighted by Crippen LogP contribution is 2.17. The number of carbonyl (C=O) groups is 1. The lowest BCUT2D eigenvalue weighted by molar-refractivity contribution is -0.384. The van der Waals surface area contributed by atoms with Crippen molar-refractivity contribution in [3.8, 4) is 0 Å². The Bertz CT molecular complexity index is 919. The highest BCUT2D eigenvalue weighted by molar-refractivity contribution is 5.89. The average Bonchev–Trinajstić information content (AvgIpc) is 3.21. The molecule has 7 heteroatoms. The van der Waals surface area contributed by atoms with Crippen molar-refractivity contribution in [3.05, 3.63) is 93.9 Å². The fourth-order valence-electron chi connectivity index (χ4n) is 2.76. The molecule has 0 atom stereocenters. The maximum Gasteiger partial charge on any atom is 0.322 e. The summed E-state index contributed by atoms with van der Waals surface area (Å²) in [6.45, 7) is 2.64. The number of anilines is 1. The van der Waals surface area contributed by atoms with Gasteiger partial charge in [0.2, 0.25) is 0 Å². The number of aryl methyl sites for hydroxylation is 1. The molecular formula is C21H21N3O4. The molecule has 3 aromatic rings. The van der Waals surface area contributed by atoms with Gasteiger partial charge in [0, 0.05) is 24.4 Å². The molecule has 2 aromatic carbocycles. The second-order valence-corrected chi connectivity index (χ2v) is 6.34. The van der Waals surface area contributed by atoms with Gasteiger partial charge in [-0.25, -0.2) is 4.79 Å². The summed E-state index contributed by atoms with van der Waals surface area (Å²) in [6.07, 6.45) is 2.49. The highest BCUT2D eigenvalue weighted by Gasteiger charge is 2.17. The number of amides is 2. The Morgan fingerprint density at radius 2 is 1.71 bits per heavy atom. The summed E-state index contributed by atoms with van der Waals surface area (Å²) in [5.74, 6) is 0.651. The molecule has 28 heavy (non-hydrogen) atoms. The first-order valence-electron chi connectivity index (χ1n) is 8.95. The van der Waals surface area contributed by atoms with Crippen molar-refractivity contribution in [1.29, 1.82) is 0 Å². The molecule has 7 nitrogen and oxygen atoms in total. The smallest absolute Gasteiger partial charge is 0.322 e. The minimum atomic E-state index is -0.447. The van der Waals surface area contributed by atoms with Gasteiger partial charge in [-0.1, -0.05) is 31.2 Å². The quantitative estimate of drug-likeness (QED) is 0.463. The van der Waals surface area contributed by atoms with Crippen LogP contribution in [0.3, 0.4) is 0 Å². The maximum atomic E-state index is 12.8. The van der Waals surface area contributed by atoms with E-state index >= 15 is 0 Å². The Balaban J connectivity index is 1.75. The molecule has 2 amide bonds. The maximum absolute atomic E-state index is 12.8. The van der Waals surface area contributed by atoms with Crippen molar-refractivity contribution in [2.24, 2.45) is 0 Å². The Labute approximate surface area is 162 Å². The van der Waals surface area contributed by atoms with Crippen LogP contribution in [0.5, 0.6) is 0 Å². The van der Waals surface area contributed by atoms with Crippen LogP contribution in [0, 0.1) is 10.1 Å².